The third-order valence-electron chi connectivity index (χ3n) is 3.95. The molecule has 3 nitrogen and oxygen atoms in total. The summed E-state index contributed by atoms with van der Waals surface area (Å²) in [6, 6.07) is 14.8. The van der Waals surface area contributed by atoms with Crippen molar-refractivity contribution in [1.82, 2.24) is 4.90 Å². The lowest BCUT2D eigenvalue weighted by atomic mass is 9.86. The van der Waals surface area contributed by atoms with Crippen LogP contribution < -0.4 is 0 Å². The Labute approximate surface area is 126 Å². The molecule has 0 aromatic heterocycles. The average Bonchev–Trinajstić information content (AvgIpc) is 2.56. The number of hydrogen-bond donors (Lipinski definition) is 1. The van der Waals surface area contributed by atoms with Crippen LogP contribution in [0.3, 0.4) is 0 Å². The molecule has 1 N–H and O–H groups in total. The maximum atomic E-state index is 14.1. The van der Waals surface area contributed by atoms with Crippen LogP contribution in [0.5, 0.6) is 0 Å². The minimum atomic E-state index is -3.44. The van der Waals surface area contributed by atoms with E-state index in [1.165, 1.54) is 0 Å². The van der Waals surface area contributed by atoms with E-state index in [0.29, 0.717) is 11.1 Å². The van der Waals surface area contributed by atoms with E-state index in [0.717, 1.165) is 4.90 Å². The van der Waals surface area contributed by atoms with Gasteiger partial charge in [-0.1, -0.05) is 60.7 Å². The highest BCUT2D eigenvalue weighted by atomic mass is 19.3. The highest BCUT2D eigenvalue weighted by Gasteiger charge is 2.65. The Morgan fingerprint density at radius 1 is 1.05 bits per heavy atom. The van der Waals surface area contributed by atoms with Crippen LogP contribution in [0.25, 0.3) is 0 Å². The number of rotatable bonds is 4. The first-order valence-corrected chi connectivity index (χ1v) is 6.98. The van der Waals surface area contributed by atoms with Gasteiger partial charge in [-0.15, -0.1) is 0 Å². The Kier molecular flexibility index (Phi) is 3.66. The fourth-order valence-corrected chi connectivity index (χ4v) is 2.87. The van der Waals surface area contributed by atoms with Gasteiger partial charge in [0, 0.05) is 0 Å². The topological polar surface area (TPSA) is 40.5 Å². The fraction of sp³-hybridized carbons (Fsp3) is 0.235. The Morgan fingerprint density at radius 2 is 1.59 bits per heavy atom. The molecule has 114 valence electrons. The van der Waals surface area contributed by atoms with Gasteiger partial charge in [-0.25, -0.2) is 0 Å². The molecule has 1 amide bonds. The van der Waals surface area contributed by atoms with Crippen LogP contribution in [0.1, 0.15) is 23.2 Å². The van der Waals surface area contributed by atoms with Crippen LogP contribution in [0.2, 0.25) is 0 Å². The molecule has 0 spiro atoms. The molecule has 2 aromatic carbocycles. The molecule has 1 aliphatic heterocycles. The van der Waals surface area contributed by atoms with Crippen LogP contribution in [-0.4, -0.2) is 28.4 Å². The number of nitrogens with zero attached hydrogens (tertiary/aromatic N) is 1. The predicted octanol–water partition coefficient (Wildman–Crippen LogP) is 2.94. The van der Waals surface area contributed by atoms with Crippen molar-refractivity contribution in [2.75, 3.05) is 6.61 Å². The first-order chi connectivity index (χ1) is 10.6. The second-order valence-electron chi connectivity index (χ2n) is 5.26. The van der Waals surface area contributed by atoms with Gasteiger partial charge in [-0.3, -0.25) is 4.79 Å². The maximum Gasteiger partial charge on any atom is 0.348 e. The number of aliphatic hydroxyl groups excluding tert-OH is 1. The molecule has 3 rings (SSSR count). The number of hydrogen-bond acceptors (Lipinski definition) is 2. The van der Waals surface area contributed by atoms with E-state index in [9.17, 15) is 18.7 Å². The molecule has 1 heterocycles. The third-order valence-corrected chi connectivity index (χ3v) is 3.95. The van der Waals surface area contributed by atoms with Crippen molar-refractivity contribution in [2.24, 2.45) is 0 Å². The van der Waals surface area contributed by atoms with Crippen LogP contribution >= 0.6 is 0 Å². The highest BCUT2D eigenvalue weighted by molar-refractivity contribution is 5.92. The number of alkyl halides is 2. The Hall–Kier alpha value is -2.27. The fourth-order valence-electron chi connectivity index (χ4n) is 2.87. The molecule has 0 saturated carbocycles. The third kappa shape index (κ3) is 2.18. The summed E-state index contributed by atoms with van der Waals surface area (Å²) in [4.78, 5) is 13.0. The van der Waals surface area contributed by atoms with E-state index in [4.69, 9.17) is 0 Å². The zero-order valence-electron chi connectivity index (χ0n) is 11.7. The number of carbonyl (C=O) groups is 1. The second-order valence-corrected chi connectivity index (χ2v) is 5.26. The monoisotopic (exact) mass is 303 g/mol. The Morgan fingerprint density at radius 3 is 2.14 bits per heavy atom. The second kappa shape index (κ2) is 5.50. The average molecular weight is 303 g/mol. The van der Waals surface area contributed by atoms with Gasteiger partial charge in [0.2, 0.25) is 0 Å². The number of halogens is 2. The standard InChI is InChI=1S/C17H15F2NO2/c18-17(19)15(13-9-5-2-6-10-13)20(16(17)22)14(11-21)12-7-3-1-4-8-12/h1-10,14-15,21H,11H2/t14-,15-/m0/s1. The number of likely N-dealkylation sites (tertiary alicyclic amines) is 1. The molecule has 0 aliphatic carbocycles. The molecule has 1 aliphatic rings. The molecule has 0 radical (unpaired) electrons. The molecule has 2 atom stereocenters. The van der Waals surface area contributed by atoms with E-state index >= 15 is 0 Å². The molecule has 1 fully saturated rings. The quantitative estimate of drug-likeness (QED) is 0.882. The summed E-state index contributed by atoms with van der Waals surface area (Å²) in [6.45, 7) is -0.408. The van der Waals surface area contributed by atoms with E-state index in [1.54, 1.807) is 60.7 Å². The summed E-state index contributed by atoms with van der Waals surface area (Å²) in [7, 11) is 0. The Balaban J connectivity index is 1.99. The van der Waals surface area contributed by atoms with Crippen molar-refractivity contribution in [2.45, 2.75) is 18.0 Å². The summed E-state index contributed by atoms with van der Waals surface area (Å²) >= 11 is 0. The van der Waals surface area contributed by atoms with E-state index in [-0.39, 0.29) is 0 Å². The Bertz CT molecular complexity index is 661. The number of aliphatic hydroxyl groups is 1. The van der Waals surface area contributed by atoms with Crippen molar-refractivity contribution >= 4 is 5.91 Å². The SMILES string of the molecule is O=C1N([C@@H](CO)c2ccccc2)[C@@H](c2ccccc2)C1(F)F. The minimum absolute atomic E-state index is 0.362. The van der Waals surface area contributed by atoms with Gasteiger partial charge in [-0.2, -0.15) is 8.78 Å². The van der Waals surface area contributed by atoms with Crippen LogP contribution in [0.15, 0.2) is 60.7 Å². The molecular weight excluding hydrogens is 288 g/mol. The number of carbonyl (C=O) groups excluding carboxylic acids is 1. The van der Waals surface area contributed by atoms with Crippen molar-refractivity contribution < 1.29 is 18.7 Å². The summed E-state index contributed by atoms with van der Waals surface area (Å²) in [5.41, 5.74) is 0.997. The zero-order valence-corrected chi connectivity index (χ0v) is 11.7. The largest absolute Gasteiger partial charge is 0.394 e. The van der Waals surface area contributed by atoms with Gasteiger partial charge in [0.05, 0.1) is 12.6 Å². The van der Waals surface area contributed by atoms with Crippen molar-refractivity contribution in [3.05, 3.63) is 71.8 Å². The zero-order chi connectivity index (χ0) is 15.7. The lowest BCUT2D eigenvalue weighted by molar-refractivity contribution is -0.215. The van der Waals surface area contributed by atoms with E-state index in [2.05, 4.69) is 0 Å². The summed E-state index contributed by atoms with van der Waals surface area (Å²) in [5.74, 6) is -4.69. The number of β-lactam (4-membered cyclic amide) rings is 1. The van der Waals surface area contributed by atoms with Gasteiger partial charge in [0.1, 0.15) is 6.04 Å². The highest BCUT2D eigenvalue weighted by Crippen LogP contribution is 2.51. The predicted molar refractivity (Wildman–Crippen MR) is 77.2 cm³/mol. The molecule has 2 aromatic rings. The van der Waals surface area contributed by atoms with Gasteiger partial charge >= 0.3 is 5.92 Å². The van der Waals surface area contributed by atoms with Crippen molar-refractivity contribution in [3.8, 4) is 0 Å². The van der Waals surface area contributed by atoms with Crippen LogP contribution in [-0.2, 0) is 4.79 Å². The molecule has 0 bridgehead atoms. The van der Waals surface area contributed by atoms with Gasteiger partial charge < -0.3 is 10.0 Å². The first kappa shape index (κ1) is 14.7. The number of amides is 1. The van der Waals surface area contributed by atoms with E-state index < -0.39 is 30.5 Å². The van der Waals surface area contributed by atoms with Gasteiger partial charge in [-0.05, 0) is 11.1 Å². The van der Waals surface area contributed by atoms with Crippen LogP contribution in [0, 0.1) is 0 Å². The van der Waals surface area contributed by atoms with Crippen LogP contribution in [0.4, 0.5) is 8.78 Å². The molecule has 0 unspecified atom stereocenters. The van der Waals surface area contributed by atoms with Crippen molar-refractivity contribution in [3.63, 3.8) is 0 Å². The van der Waals surface area contributed by atoms with Gasteiger partial charge in [0.15, 0.2) is 0 Å². The minimum Gasteiger partial charge on any atom is -0.394 e. The lowest BCUT2D eigenvalue weighted by Gasteiger charge is -2.50. The normalized spacial score (nSPS) is 21.3. The summed E-state index contributed by atoms with van der Waals surface area (Å²) in [5, 5.41) is 9.63. The smallest absolute Gasteiger partial charge is 0.348 e. The molecule has 22 heavy (non-hydrogen) atoms. The molecule has 1 saturated heterocycles. The maximum absolute atomic E-state index is 14.1. The number of benzene rings is 2. The first-order valence-electron chi connectivity index (χ1n) is 6.98. The van der Waals surface area contributed by atoms with Gasteiger partial charge in [0.25, 0.3) is 5.91 Å². The lowest BCUT2D eigenvalue weighted by Crippen LogP contribution is -2.64. The molecule has 5 heteroatoms. The summed E-state index contributed by atoms with van der Waals surface area (Å²) in [6.07, 6.45) is 0. The van der Waals surface area contributed by atoms with Crippen molar-refractivity contribution in [1.29, 1.82) is 0 Å². The molecular formula is C17H15F2NO2. The summed E-state index contributed by atoms with van der Waals surface area (Å²) < 4.78 is 28.1. The van der Waals surface area contributed by atoms with E-state index in [1.807, 2.05) is 0 Å².